The van der Waals surface area contributed by atoms with Crippen LogP contribution in [0.15, 0.2) is 36.4 Å². The van der Waals surface area contributed by atoms with E-state index < -0.39 is 0 Å². The van der Waals surface area contributed by atoms with Crippen molar-refractivity contribution in [2.24, 2.45) is 18.7 Å². The third-order valence-corrected chi connectivity index (χ3v) is 5.81. The molecule has 3 N–H and O–H groups in total. The number of aryl methyl sites for hydroxylation is 2. The molecule has 6 nitrogen and oxygen atoms in total. The van der Waals surface area contributed by atoms with E-state index in [2.05, 4.69) is 10.4 Å². The highest BCUT2D eigenvalue weighted by molar-refractivity contribution is 6.07. The Labute approximate surface area is 189 Å². The third kappa shape index (κ3) is 4.61. The van der Waals surface area contributed by atoms with Crippen molar-refractivity contribution < 1.29 is 4.79 Å². The monoisotopic (exact) mass is 449 g/mol. The van der Waals surface area contributed by atoms with Crippen molar-refractivity contribution in [1.29, 1.82) is 0 Å². The molecule has 0 radical (unpaired) electrons. The molecule has 0 aliphatic heterocycles. The molecule has 0 saturated heterocycles. The summed E-state index contributed by atoms with van der Waals surface area (Å²) in [7, 11) is 1.87. The topological polar surface area (TPSA) is 85.8 Å². The number of hydrogen-bond acceptors (Lipinski definition) is 4. The Bertz CT molecular complexity index is 1010. The number of carbonyl (C=O) groups is 1. The fourth-order valence-electron chi connectivity index (χ4n) is 4.31. The molecule has 2 atom stereocenters. The molecule has 2 unspecified atom stereocenters. The molecule has 2 heterocycles. The second kappa shape index (κ2) is 10.2. The van der Waals surface area contributed by atoms with Gasteiger partial charge in [-0.3, -0.25) is 9.48 Å². The van der Waals surface area contributed by atoms with Gasteiger partial charge in [-0.2, -0.15) is 5.10 Å². The van der Waals surface area contributed by atoms with E-state index in [1.54, 1.807) is 4.68 Å². The molecule has 8 heteroatoms. The molecule has 30 heavy (non-hydrogen) atoms. The molecule has 3 aromatic rings. The number of nitrogens with two attached hydrogens (primary N) is 1. The van der Waals surface area contributed by atoms with Gasteiger partial charge in [-0.25, -0.2) is 4.98 Å². The first-order valence-electron chi connectivity index (χ1n) is 9.99. The first kappa shape index (κ1) is 24.1. The van der Waals surface area contributed by atoms with Crippen LogP contribution in [0.1, 0.15) is 41.7 Å². The van der Waals surface area contributed by atoms with Crippen LogP contribution in [0.5, 0.6) is 0 Å². The Balaban J connectivity index is 0.00000160. The zero-order chi connectivity index (χ0) is 19.7. The number of fused-ring (bicyclic) bond motifs is 1. The van der Waals surface area contributed by atoms with E-state index in [0.29, 0.717) is 18.0 Å². The number of aromatic nitrogens is 3. The molecule has 1 aromatic carbocycles. The minimum Gasteiger partial charge on any atom is -0.349 e. The van der Waals surface area contributed by atoms with Crippen LogP contribution in [-0.4, -0.2) is 33.3 Å². The molecule has 2 aromatic heterocycles. The van der Waals surface area contributed by atoms with E-state index in [9.17, 15) is 4.79 Å². The van der Waals surface area contributed by atoms with E-state index in [4.69, 9.17) is 10.7 Å². The normalized spacial score (nSPS) is 18.4. The van der Waals surface area contributed by atoms with Crippen LogP contribution in [0.4, 0.5) is 0 Å². The third-order valence-electron chi connectivity index (χ3n) is 5.81. The lowest BCUT2D eigenvalue weighted by atomic mass is 9.84. The van der Waals surface area contributed by atoms with E-state index in [-0.39, 0.29) is 36.8 Å². The summed E-state index contributed by atoms with van der Waals surface area (Å²) in [5.41, 5.74) is 9.88. The average Bonchev–Trinajstić information content (AvgIpc) is 3.02. The van der Waals surface area contributed by atoms with E-state index in [1.807, 2.05) is 50.4 Å². The van der Waals surface area contributed by atoms with Crippen molar-refractivity contribution in [1.82, 2.24) is 20.1 Å². The maximum absolute atomic E-state index is 13.3. The summed E-state index contributed by atoms with van der Waals surface area (Å²) in [6, 6.07) is 12.0. The van der Waals surface area contributed by atoms with Crippen molar-refractivity contribution in [3.8, 4) is 11.3 Å². The minimum absolute atomic E-state index is 0. The minimum atomic E-state index is -0.0639. The highest BCUT2D eigenvalue weighted by Gasteiger charge is 2.27. The van der Waals surface area contributed by atoms with Crippen molar-refractivity contribution in [2.45, 2.75) is 38.6 Å². The number of nitrogens with zero attached hydrogens (tertiary/aromatic N) is 3. The molecule has 162 valence electrons. The largest absolute Gasteiger partial charge is 0.349 e. The summed E-state index contributed by atoms with van der Waals surface area (Å²) in [5, 5.41) is 8.58. The lowest BCUT2D eigenvalue weighted by Crippen LogP contribution is -2.44. The van der Waals surface area contributed by atoms with Gasteiger partial charge in [0.2, 0.25) is 0 Å². The molecule has 1 fully saturated rings. The van der Waals surface area contributed by atoms with Gasteiger partial charge in [-0.1, -0.05) is 43.2 Å². The first-order valence-corrected chi connectivity index (χ1v) is 9.99. The maximum atomic E-state index is 13.3. The zero-order valence-electron chi connectivity index (χ0n) is 17.3. The molecular formula is C22H29Cl2N5O. The lowest BCUT2D eigenvalue weighted by molar-refractivity contribution is 0.0909. The van der Waals surface area contributed by atoms with Crippen LogP contribution in [0.3, 0.4) is 0 Å². The summed E-state index contributed by atoms with van der Waals surface area (Å²) >= 11 is 0. The Kier molecular flexibility index (Phi) is 8.24. The Morgan fingerprint density at radius 1 is 1.20 bits per heavy atom. The number of carbonyl (C=O) groups excluding carboxylic acids is 1. The van der Waals surface area contributed by atoms with E-state index in [1.165, 1.54) is 6.42 Å². The quantitative estimate of drug-likeness (QED) is 0.629. The van der Waals surface area contributed by atoms with Crippen LogP contribution < -0.4 is 11.1 Å². The maximum Gasteiger partial charge on any atom is 0.252 e. The average molecular weight is 450 g/mol. The second-order valence-corrected chi connectivity index (χ2v) is 7.69. The summed E-state index contributed by atoms with van der Waals surface area (Å²) in [4.78, 5) is 18.1. The summed E-state index contributed by atoms with van der Waals surface area (Å²) in [6.07, 6.45) is 4.38. The number of rotatable bonds is 4. The lowest BCUT2D eigenvalue weighted by Gasteiger charge is -2.31. The highest BCUT2D eigenvalue weighted by atomic mass is 35.5. The van der Waals surface area contributed by atoms with Gasteiger partial charge < -0.3 is 11.1 Å². The predicted octanol–water partition coefficient (Wildman–Crippen LogP) is 4.03. The van der Waals surface area contributed by atoms with Gasteiger partial charge >= 0.3 is 0 Å². The molecular weight excluding hydrogens is 421 g/mol. The molecule has 1 aliphatic carbocycles. The van der Waals surface area contributed by atoms with Crippen LogP contribution in [0.25, 0.3) is 22.3 Å². The van der Waals surface area contributed by atoms with Gasteiger partial charge in [0.15, 0.2) is 5.65 Å². The summed E-state index contributed by atoms with van der Waals surface area (Å²) in [6.45, 7) is 2.53. The molecule has 0 spiro atoms. The predicted molar refractivity (Wildman–Crippen MR) is 125 cm³/mol. The van der Waals surface area contributed by atoms with Crippen LogP contribution in [-0.2, 0) is 7.05 Å². The molecule has 0 bridgehead atoms. The standard InChI is InChI=1S/C22H27N5O.2ClH/c1-14-20-17(22(28)25-18-11-7-6-10-16(18)13-23)12-19(15-8-4-3-5-9-15)24-21(20)27(2)26-14;;/h3-5,8-9,12,16,18H,6-7,10-11,13,23H2,1-2H3,(H,25,28);2*1H. The number of hydrogen-bond donors (Lipinski definition) is 2. The van der Waals surface area contributed by atoms with Gasteiger partial charge in [0, 0.05) is 18.7 Å². The number of halogens is 2. The fraction of sp³-hybridized carbons (Fsp3) is 0.409. The fourth-order valence-corrected chi connectivity index (χ4v) is 4.31. The van der Waals surface area contributed by atoms with Crippen LogP contribution in [0.2, 0.25) is 0 Å². The van der Waals surface area contributed by atoms with Crippen molar-refractivity contribution in [3.05, 3.63) is 47.7 Å². The Hall–Kier alpha value is -2.15. The second-order valence-electron chi connectivity index (χ2n) is 7.69. The summed E-state index contributed by atoms with van der Waals surface area (Å²) < 4.78 is 1.75. The zero-order valence-corrected chi connectivity index (χ0v) is 18.9. The van der Waals surface area contributed by atoms with Gasteiger partial charge in [0.05, 0.1) is 22.3 Å². The van der Waals surface area contributed by atoms with Crippen LogP contribution >= 0.6 is 24.8 Å². The summed E-state index contributed by atoms with van der Waals surface area (Å²) in [5.74, 6) is 0.282. The molecule has 1 saturated carbocycles. The molecule has 4 rings (SSSR count). The van der Waals surface area contributed by atoms with Gasteiger partial charge in [0.25, 0.3) is 5.91 Å². The van der Waals surface area contributed by atoms with E-state index in [0.717, 1.165) is 47.2 Å². The molecule has 1 aliphatic rings. The van der Waals surface area contributed by atoms with Crippen molar-refractivity contribution >= 4 is 41.8 Å². The number of amides is 1. The molecule has 1 amide bonds. The Morgan fingerprint density at radius 2 is 1.90 bits per heavy atom. The number of benzene rings is 1. The smallest absolute Gasteiger partial charge is 0.252 e. The number of nitrogens with one attached hydrogen (secondary N) is 1. The van der Waals surface area contributed by atoms with Gasteiger partial charge in [-0.05, 0) is 38.3 Å². The first-order chi connectivity index (χ1) is 13.6. The van der Waals surface area contributed by atoms with E-state index >= 15 is 0 Å². The van der Waals surface area contributed by atoms with Crippen molar-refractivity contribution in [3.63, 3.8) is 0 Å². The SMILES string of the molecule is Cc1nn(C)c2nc(-c3ccccc3)cc(C(=O)NC3CCCCC3CN)c12.Cl.Cl. The van der Waals surface area contributed by atoms with Gasteiger partial charge in [0.1, 0.15) is 0 Å². The van der Waals surface area contributed by atoms with Crippen molar-refractivity contribution in [2.75, 3.05) is 6.54 Å². The van der Waals surface area contributed by atoms with Crippen LogP contribution in [0, 0.1) is 12.8 Å². The van der Waals surface area contributed by atoms with Gasteiger partial charge in [-0.15, -0.1) is 24.8 Å². The number of pyridine rings is 1. The Morgan fingerprint density at radius 3 is 2.60 bits per heavy atom. The highest BCUT2D eigenvalue weighted by Crippen LogP contribution is 2.28.